The molecule has 2 amide bonds. The number of carbonyl (C=O) groups excluding carboxylic acids is 2. The number of amides is 2. The van der Waals surface area contributed by atoms with Crippen LogP contribution < -0.4 is 16.0 Å². The van der Waals surface area contributed by atoms with Crippen molar-refractivity contribution in [2.45, 2.75) is 46.1 Å². The Morgan fingerprint density at radius 3 is 2.60 bits per heavy atom. The summed E-state index contributed by atoms with van der Waals surface area (Å²) in [7, 11) is 0. The van der Waals surface area contributed by atoms with E-state index >= 15 is 0 Å². The highest BCUT2D eigenvalue weighted by molar-refractivity contribution is 5.87. The zero-order valence-corrected chi connectivity index (χ0v) is 13.5. The van der Waals surface area contributed by atoms with E-state index in [0.717, 1.165) is 13.1 Å². The lowest BCUT2D eigenvalue weighted by Crippen LogP contribution is -2.45. The summed E-state index contributed by atoms with van der Waals surface area (Å²) in [5.41, 5.74) is 0. The summed E-state index contributed by atoms with van der Waals surface area (Å²) in [5, 5.41) is 8.84. The SMILES string of the molecule is CCNC(=O)C(C)NC(=O)CC(C)C1CCCNC1.Cl. The van der Waals surface area contributed by atoms with Crippen LogP contribution in [0.25, 0.3) is 0 Å². The van der Waals surface area contributed by atoms with Crippen molar-refractivity contribution < 1.29 is 9.59 Å². The molecule has 1 heterocycles. The van der Waals surface area contributed by atoms with Crippen LogP contribution in [0.5, 0.6) is 0 Å². The summed E-state index contributed by atoms with van der Waals surface area (Å²) in [6, 6.07) is -0.455. The average molecular weight is 306 g/mol. The molecule has 1 fully saturated rings. The van der Waals surface area contributed by atoms with Crippen molar-refractivity contribution in [1.29, 1.82) is 0 Å². The maximum atomic E-state index is 11.9. The molecule has 0 aromatic heterocycles. The van der Waals surface area contributed by atoms with Crippen molar-refractivity contribution in [3.05, 3.63) is 0 Å². The second-order valence-corrected chi connectivity index (χ2v) is 5.47. The van der Waals surface area contributed by atoms with Gasteiger partial charge in [0.15, 0.2) is 0 Å². The number of hydrogen-bond acceptors (Lipinski definition) is 3. The van der Waals surface area contributed by atoms with Gasteiger partial charge in [-0.3, -0.25) is 9.59 Å². The van der Waals surface area contributed by atoms with Crippen molar-refractivity contribution in [2.24, 2.45) is 11.8 Å². The van der Waals surface area contributed by atoms with Gasteiger partial charge < -0.3 is 16.0 Å². The molecule has 1 aliphatic rings. The third-order valence-electron chi connectivity index (χ3n) is 3.77. The molecule has 1 saturated heterocycles. The van der Waals surface area contributed by atoms with Gasteiger partial charge in [0, 0.05) is 13.0 Å². The van der Waals surface area contributed by atoms with Gasteiger partial charge in [0.1, 0.15) is 6.04 Å². The van der Waals surface area contributed by atoms with E-state index < -0.39 is 6.04 Å². The quantitative estimate of drug-likeness (QED) is 0.687. The Bertz CT molecular complexity index is 307. The molecule has 3 N–H and O–H groups in total. The van der Waals surface area contributed by atoms with Gasteiger partial charge in [-0.2, -0.15) is 0 Å². The van der Waals surface area contributed by atoms with Crippen LogP contribution in [-0.2, 0) is 9.59 Å². The molecule has 1 rings (SSSR count). The number of nitrogens with one attached hydrogen (secondary N) is 3. The normalized spacial score (nSPS) is 21.2. The van der Waals surface area contributed by atoms with E-state index in [-0.39, 0.29) is 24.2 Å². The lowest BCUT2D eigenvalue weighted by atomic mass is 9.85. The highest BCUT2D eigenvalue weighted by Crippen LogP contribution is 2.22. The lowest BCUT2D eigenvalue weighted by Gasteiger charge is -2.28. The summed E-state index contributed by atoms with van der Waals surface area (Å²) in [5.74, 6) is 0.771. The van der Waals surface area contributed by atoms with E-state index in [1.165, 1.54) is 12.8 Å². The summed E-state index contributed by atoms with van der Waals surface area (Å²) >= 11 is 0. The molecule has 0 spiro atoms. The third kappa shape index (κ3) is 6.57. The Balaban J connectivity index is 0.00000361. The van der Waals surface area contributed by atoms with Gasteiger partial charge in [-0.05, 0) is 51.6 Å². The topological polar surface area (TPSA) is 70.2 Å². The lowest BCUT2D eigenvalue weighted by molar-refractivity contribution is -0.129. The van der Waals surface area contributed by atoms with Crippen LogP contribution >= 0.6 is 12.4 Å². The Hall–Kier alpha value is -0.810. The van der Waals surface area contributed by atoms with Crippen molar-refractivity contribution in [1.82, 2.24) is 16.0 Å². The van der Waals surface area contributed by atoms with E-state index in [2.05, 4.69) is 22.9 Å². The Labute approximate surface area is 128 Å². The van der Waals surface area contributed by atoms with E-state index in [4.69, 9.17) is 0 Å². The van der Waals surface area contributed by atoms with Crippen LogP contribution in [0.3, 0.4) is 0 Å². The van der Waals surface area contributed by atoms with Gasteiger partial charge in [-0.25, -0.2) is 0 Å². The smallest absolute Gasteiger partial charge is 0.242 e. The standard InChI is InChI=1S/C14H27N3O2.ClH/c1-4-16-14(19)11(3)17-13(18)8-10(2)12-6-5-7-15-9-12;/h10-12,15H,4-9H2,1-3H3,(H,16,19)(H,17,18);1H. The number of hydrogen-bond donors (Lipinski definition) is 3. The molecule has 3 atom stereocenters. The summed E-state index contributed by atoms with van der Waals surface area (Å²) in [4.78, 5) is 23.4. The molecule has 6 heteroatoms. The van der Waals surface area contributed by atoms with Crippen molar-refractivity contribution in [3.8, 4) is 0 Å². The molecule has 0 bridgehead atoms. The fourth-order valence-electron chi connectivity index (χ4n) is 2.52. The third-order valence-corrected chi connectivity index (χ3v) is 3.77. The van der Waals surface area contributed by atoms with Gasteiger partial charge >= 0.3 is 0 Å². The molecule has 1 aliphatic heterocycles. The first-order valence-corrected chi connectivity index (χ1v) is 7.32. The Morgan fingerprint density at radius 2 is 2.05 bits per heavy atom. The average Bonchev–Trinajstić information content (AvgIpc) is 2.39. The van der Waals surface area contributed by atoms with Gasteiger partial charge in [0.2, 0.25) is 11.8 Å². The van der Waals surface area contributed by atoms with Gasteiger partial charge in [0.25, 0.3) is 0 Å². The highest BCUT2D eigenvalue weighted by Gasteiger charge is 2.23. The predicted octanol–water partition coefficient (Wildman–Crippen LogP) is 1.07. The zero-order valence-electron chi connectivity index (χ0n) is 12.7. The molecular weight excluding hydrogens is 278 g/mol. The monoisotopic (exact) mass is 305 g/mol. The minimum Gasteiger partial charge on any atom is -0.355 e. The van der Waals surface area contributed by atoms with Crippen LogP contribution in [0.2, 0.25) is 0 Å². The van der Waals surface area contributed by atoms with E-state index in [1.54, 1.807) is 6.92 Å². The fraction of sp³-hybridized carbons (Fsp3) is 0.857. The maximum Gasteiger partial charge on any atom is 0.242 e. The second kappa shape index (κ2) is 10.00. The van der Waals surface area contributed by atoms with Crippen LogP contribution in [-0.4, -0.2) is 37.5 Å². The number of likely N-dealkylation sites (N-methyl/N-ethyl adjacent to an activating group) is 1. The summed E-state index contributed by atoms with van der Waals surface area (Å²) < 4.78 is 0. The van der Waals surface area contributed by atoms with Gasteiger partial charge in [0.05, 0.1) is 0 Å². The van der Waals surface area contributed by atoms with Crippen LogP contribution in [0.1, 0.15) is 40.0 Å². The minimum atomic E-state index is -0.455. The van der Waals surface area contributed by atoms with E-state index in [0.29, 0.717) is 24.8 Å². The first-order chi connectivity index (χ1) is 9.04. The Morgan fingerprint density at radius 1 is 1.35 bits per heavy atom. The first kappa shape index (κ1) is 19.2. The number of halogens is 1. The minimum absolute atomic E-state index is 0. The van der Waals surface area contributed by atoms with E-state index in [1.807, 2.05) is 6.92 Å². The van der Waals surface area contributed by atoms with E-state index in [9.17, 15) is 9.59 Å². The molecule has 118 valence electrons. The zero-order chi connectivity index (χ0) is 14.3. The van der Waals surface area contributed by atoms with Crippen LogP contribution in [0.15, 0.2) is 0 Å². The fourth-order valence-corrected chi connectivity index (χ4v) is 2.52. The maximum absolute atomic E-state index is 11.9. The molecule has 0 aromatic carbocycles. The largest absolute Gasteiger partial charge is 0.355 e. The molecule has 0 aromatic rings. The second-order valence-electron chi connectivity index (χ2n) is 5.47. The predicted molar refractivity (Wildman–Crippen MR) is 82.9 cm³/mol. The molecule has 0 radical (unpaired) electrons. The molecule has 0 aliphatic carbocycles. The number of carbonyl (C=O) groups is 2. The van der Waals surface area contributed by atoms with Crippen LogP contribution in [0.4, 0.5) is 0 Å². The summed E-state index contributed by atoms with van der Waals surface area (Å²) in [6.07, 6.45) is 2.87. The van der Waals surface area contributed by atoms with Gasteiger partial charge in [-0.15, -0.1) is 12.4 Å². The molecule has 5 nitrogen and oxygen atoms in total. The summed E-state index contributed by atoms with van der Waals surface area (Å²) in [6.45, 7) is 8.38. The van der Waals surface area contributed by atoms with Crippen LogP contribution in [0, 0.1) is 11.8 Å². The van der Waals surface area contributed by atoms with Gasteiger partial charge in [-0.1, -0.05) is 6.92 Å². The van der Waals surface area contributed by atoms with Crippen molar-refractivity contribution >= 4 is 24.2 Å². The number of rotatable bonds is 6. The van der Waals surface area contributed by atoms with Crippen molar-refractivity contribution in [2.75, 3.05) is 19.6 Å². The molecule has 0 saturated carbocycles. The molecule has 20 heavy (non-hydrogen) atoms. The molecule has 3 unspecified atom stereocenters. The Kier molecular flexibility index (Phi) is 9.59. The number of piperidine rings is 1. The first-order valence-electron chi connectivity index (χ1n) is 7.32. The van der Waals surface area contributed by atoms with Crippen molar-refractivity contribution in [3.63, 3.8) is 0 Å². The highest BCUT2D eigenvalue weighted by atomic mass is 35.5. The molecular formula is C14H28ClN3O2.